The van der Waals surface area contributed by atoms with Gasteiger partial charge in [0.05, 0.1) is 10.6 Å². The lowest BCUT2D eigenvalue weighted by atomic mass is 9.93. The fourth-order valence-corrected chi connectivity index (χ4v) is 3.97. The van der Waals surface area contributed by atoms with Crippen molar-refractivity contribution in [1.82, 2.24) is 10.4 Å². The monoisotopic (exact) mass is 408 g/mol. The molecule has 0 unspecified atom stereocenters. The molecule has 1 aliphatic carbocycles. The van der Waals surface area contributed by atoms with Crippen LogP contribution in [0.3, 0.4) is 0 Å². The van der Waals surface area contributed by atoms with Crippen molar-refractivity contribution in [2.75, 3.05) is 5.32 Å². The molecular formula is C21H20N4O3S. The number of pyridine rings is 1. The van der Waals surface area contributed by atoms with Gasteiger partial charge < -0.3 is 9.73 Å². The first kappa shape index (κ1) is 19.1. The van der Waals surface area contributed by atoms with Crippen LogP contribution in [0.1, 0.15) is 55.5 Å². The molecule has 0 saturated heterocycles. The van der Waals surface area contributed by atoms with Crippen molar-refractivity contribution >= 4 is 34.7 Å². The summed E-state index contributed by atoms with van der Waals surface area (Å²) >= 11 is 1.36. The molecule has 2 N–H and O–H groups in total. The highest BCUT2D eigenvalue weighted by Gasteiger charge is 2.28. The lowest BCUT2D eigenvalue weighted by molar-refractivity contribution is 0.0957. The number of fused-ring (bicyclic) bond motifs is 1. The van der Waals surface area contributed by atoms with Crippen molar-refractivity contribution < 1.29 is 14.0 Å². The summed E-state index contributed by atoms with van der Waals surface area (Å²) in [6, 6.07) is 7.26. The third-order valence-corrected chi connectivity index (χ3v) is 5.68. The molecule has 0 saturated carbocycles. The Labute approximate surface area is 171 Å². The van der Waals surface area contributed by atoms with Crippen LogP contribution in [-0.2, 0) is 6.42 Å². The smallest absolute Gasteiger partial charge is 0.292 e. The predicted molar refractivity (Wildman–Crippen MR) is 112 cm³/mol. The number of hydrogen-bond acceptors (Lipinski definition) is 6. The van der Waals surface area contributed by atoms with Gasteiger partial charge in [-0.25, -0.2) is 10.4 Å². The van der Waals surface area contributed by atoms with Gasteiger partial charge in [-0.15, -0.1) is 11.3 Å². The van der Waals surface area contributed by atoms with E-state index in [-0.39, 0.29) is 17.6 Å². The van der Waals surface area contributed by atoms with Crippen molar-refractivity contribution in [2.45, 2.75) is 33.1 Å². The highest BCUT2D eigenvalue weighted by Crippen LogP contribution is 2.30. The van der Waals surface area contributed by atoms with Crippen LogP contribution in [0.2, 0.25) is 0 Å². The number of thiophene rings is 1. The van der Waals surface area contributed by atoms with E-state index >= 15 is 0 Å². The summed E-state index contributed by atoms with van der Waals surface area (Å²) in [4.78, 5) is 29.8. The number of carbonyl (C=O) groups excluding carboxylic acids is 2. The van der Waals surface area contributed by atoms with Crippen molar-refractivity contribution in [1.29, 1.82) is 0 Å². The summed E-state index contributed by atoms with van der Waals surface area (Å²) in [7, 11) is 0. The Kier molecular flexibility index (Phi) is 5.26. The predicted octanol–water partition coefficient (Wildman–Crippen LogP) is 4.08. The Morgan fingerprint density at radius 3 is 2.79 bits per heavy atom. The number of furan rings is 1. The normalized spacial score (nSPS) is 14.5. The van der Waals surface area contributed by atoms with E-state index in [4.69, 9.17) is 4.42 Å². The molecule has 8 heteroatoms. The maximum absolute atomic E-state index is 12.8. The molecule has 148 valence electrons. The summed E-state index contributed by atoms with van der Waals surface area (Å²) in [5.74, 6) is 0.883. The number of rotatable bonds is 4. The van der Waals surface area contributed by atoms with Gasteiger partial charge >= 0.3 is 0 Å². The Morgan fingerprint density at radius 1 is 1.17 bits per heavy atom. The number of hydrogen-bond donors (Lipinski definition) is 2. The lowest BCUT2D eigenvalue weighted by Crippen LogP contribution is -2.21. The number of aromatic nitrogens is 1. The van der Waals surface area contributed by atoms with Gasteiger partial charge in [-0.3, -0.25) is 9.59 Å². The number of anilines is 1. The number of amides is 2. The topological polar surface area (TPSA) is 96.6 Å². The Morgan fingerprint density at radius 2 is 2.03 bits per heavy atom. The zero-order valence-electron chi connectivity index (χ0n) is 16.1. The van der Waals surface area contributed by atoms with Crippen LogP contribution in [0.4, 0.5) is 5.82 Å². The lowest BCUT2D eigenvalue weighted by Gasteiger charge is -2.13. The molecule has 0 aromatic carbocycles. The first-order chi connectivity index (χ1) is 14.0. The molecule has 0 aliphatic heterocycles. The highest BCUT2D eigenvalue weighted by atomic mass is 32.1. The highest BCUT2D eigenvalue weighted by molar-refractivity contribution is 7.12. The summed E-state index contributed by atoms with van der Waals surface area (Å²) < 4.78 is 5.89. The molecule has 3 aromatic rings. The standard InChI is InChI=1S/C21H20N4O3S/c1-12-6-4-10-22-19(12)23-21(27)18-13(2)17-14(7-3-8-15(17)28-18)24-25-20(26)16-9-5-11-29-16/h4-6,9-11H,3,7-8H2,1-2H3,(H,25,26)(H,22,23,27)/b24-14+. The minimum Gasteiger partial charge on any atom is -0.455 e. The van der Waals surface area contributed by atoms with Crippen molar-refractivity contribution in [3.8, 4) is 0 Å². The van der Waals surface area contributed by atoms with Crippen LogP contribution < -0.4 is 10.7 Å². The van der Waals surface area contributed by atoms with Gasteiger partial charge in [0.25, 0.3) is 11.8 Å². The average molecular weight is 408 g/mol. The van der Waals surface area contributed by atoms with Gasteiger partial charge in [0, 0.05) is 23.7 Å². The molecule has 3 aromatic heterocycles. The molecule has 4 rings (SSSR count). The molecule has 0 fully saturated rings. The number of nitrogens with one attached hydrogen (secondary N) is 2. The van der Waals surface area contributed by atoms with Gasteiger partial charge in [0.1, 0.15) is 11.6 Å². The van der Waals surface area contributed by atoms with Crippen LogP contribution in [0, 0.1) is 13.8 Å². The largest absolute Gasteiger partial charge is 0.455 e. The number of aryl methyl sites for hydroxylation is 2. The number of nitrogens with zero attached hydrogens (tertiary/aromatic N) is 2. The molecule has 0 bridgehead atoms. The summed E-state index contributed by atoms with van der Waals surface area (Å²) in [5, 5.41) is 8.98. The first-order valence-electron chi connectivity index (χ1n) is 9.30. The van der Waals surface area contributed by atoms with Gasteiger partial charge in [-0.05, 0) is 49.8 Å². The Hall–Kier alpha value is -3.26. The van der Waals surface area contributed by atoms with E-state index in [0.717, 1.165) is 41.0 Å². The van der Waals surface area contributed by atoms with Crippen molar-refractivity contribution in [3.05, 3.63) is 68.9 Å². The molecule has 3 heterocycles. The van der Waals surface area contributed by atoms with Crippen molar-refractivity contribution in [3.63, 3.8) is 0 Å². The quantitative estimate of drug-likeness (QED) is 0.636. The van der Waals surface area contributed by atoms with E-state index < -0.39 is 0 Å². The number of hydrazone groups is 1. The molecule has 7 nitrogen and oxygen atoms in total. The summed E-state index contributed by atoms with van der Waals surface area (Å²) in [6.45, 7) is 3.72. The molecule has 0 spiro atoms. The molecular weight excluding hydrogens is 388 g/mol. The van der Waals surface area contributed by atoms with Crippen LogP contribution in [0.5, 0.6) is 0 Å². The average Bonchev–Trinajstić information content (AvgIpc) is 3.37. The number of carbonyl (C=O) groups is 2. The van der Waals surface area contributed by atoms with E-state index in [1.54, 1.807) is 12.3 Å². The Balaban J connectivity index is 1.59. The first-order valence-corrected chi connectivity index (χ1v) is 10.2. The van der Waals surface area contributed by atoms with E-state index in [2.05, 4.69) is 20.8 Å². The maximum atomic E-state index is 12.8. The molecule has 0 atom stereocenters. The van der Waals surface area contributed by atoms with Crippen molar-refractivity contribution in [2.24, 2.45) is 5.10 Å². The zero-order chi connectivity index (χ0) is 20.4. The van der Waals surface area contributed by atoms with E-state index in [1.165, 1.54) is 11.3 Å². The minimum absolute atomic E-state index is 0.246. The molecule has 1 aliphatic rings. The fraction of sp³-hybridized carbons (Fsp3) is 0.238. The van der Waals surface area contributed by atoms with Crippen LogP contribution in [0.25, 0.3) is 0 Å². The van der Waals surface area contributed by atoms with Crippen LogP contribution in [-0.4, -0.2) is 22.5 Å². The Bertz CT molecular complexity index is 1100. The van der Waals surface area contributed by atoms with E-state index in [1.807, 2.05) is 37.4 Å². The van der Waals surface area contributed by atoms with Crippen LogP contribution >= 0.6 is 11.3 Å². The van der Waals surface area contributed by atoms with Crippen LogP contribution in [0.15, 0.2) is 45.4 Å². The second-order valence-electron chi connectivity index (χ2n) is 6.81. The second-order valence-corrected chi connectivity index (χ2v) is 7.76. The summed E-state index contributed by atoms with van der Waals surface area (Å²) in [6.07, 6.45) is 3.90. The van der Waals surface area contributed by atoms with E-state index in [9.17, 15) is 9.59 Å². The zero-order valence-corrected chi connectivity index (χ0v) is 16.9. The van der Waals surface area contributed by atoms with Gasteiger partial charge in [-0.2, -0.15) is 5.10 Å². The maximum Gasteiger partial charge on any atom is 0.292 e. The molecule has 0 radical (unpaired) electrons. The second kappa shape index (κ2) is 8.00. The SMILES string of the molecule is Cc1cccnc1NC(=O)c1oc2c(c1C)/C(=N/NC(=O)c1cccs1)CCC2. The van der Waals surface area contributed by atoms with Gasteiger partial charge in [0.2, 0.25) is 0 Å². The third-order valence-electron chi connectivity index (χ3n) is 4.81. The fourth-order valence-electron chi connectivity index (χ4n) is 3.36. The minimum atomic E-state index is -0.347. The summed E-state index contributed by atoms with van der Waals surface area (Å²) in [5.41, 5.74) is 5.74. The molecule has 29 heavy (non-hydrogen) atoms. The van der Waals surface area contributed by atoms with E-state index in [0.29, 0.717) is 17.1 Å². The van der Waals surface area contributed by atoms with Gasteiger partial charge in [-0.1, -0.05) is 12.1 Å². The molecule has 2 amide bonds. The third kappa shape index (κ3) is 3.84. The van der Waals surface area contributed by atoms with Gasteiger partial charge in [0.15, 0.2) is 5.76 Å².